The number of nitrogens with zero attached hydrogens (tertiary/aromatic N) is 1. The van der Waals surface area contributed by atoms with Crippen LogP contribution in [0.25, 0.3) is 10.8 Å². The molecular formula is C24H26N2O2. The molecule has 1 saturated heterocycles. The second-order valence-electron chi connectivity index (χ2n) is 7.63. The Kier molecular flexibility index (Phi) is 5.31. The van der Waals surface area contributed by atoms with Gasteiger partial charge in [0, 0.05) is 30.9 Å². The highest BCUT2D eigenvalue weighted by Gasteiger charge is 2.24. The minimum atomic E-state index is -0.791. The average molecular weight is 374 g/mol. The Hall–Kier alpha value is -2.85. The average Bonchev–Trinajstić information content (AvgIpc) is 3.16. The smallest absolute Gasteiger partial charge is 0.307 e. The van der Waals surface area contributed by atoms with Crippen molar-refractivity contribution in [2.45, 2.75) is 31.8 Å². The zero-order chi connectivity index (χ0) is 19.5. The Labute approximate surface area is 165 Å². The molecule has 1 heterocycles. The van der Waals surface area contributed by atoms with Gasteiger partial charge >= 0.3 is 5.97 Å². The van der Waals surface area contributed by atoms with Gasteiger partial charge in [-0.1, -0.05) is 54.6 Å². The molecule has 2 N–H and O–H groups in total. The number of rotatable bonds is 6. The molecule has 0 aliphatic carbocycles. The van der Waals surface area contributed by atoms with Crippen molar-refractivity contribution in [2.24, 2.45) is 0 Å². The Bertz CT molecular complexity index is 963. The summed E-state index contributed by atoms with van der Waals surface area (Å²) in [6.45, 7) is 4.22. The molecule has 2 atom stereocenters. The van der Waals surface area contributed by atoms with E-state index in [0.717, 1.165) is 30.8 Å². The van der Waals surface area contributed by atoms with Crippen molar-refractivity contribution in [1.29, 1.82) is 0 Å². The molecule has 28 heavy (non-hydrogen) atoms. The number of benzene rings is 3. The summed E-state index contributed by atoms with van der Waals surface area (Å²) >= 11 is 0. The summed E-state index contributed by atoms with van der Waals surface area (Å²) < 4.78 is 0. The number of carbonyl (C=O) groups is 1. The van der Waals surface area contributed by atoms with Gasteiger partial charge in [-0.15, -0.1) is 0 Å². The van der Waals surface area contributed by atoms with Crippen LogP contribution in [0.3, 0.4) is 0 Å². The maximum atomic E-state index is 10.8. The molecule has 4 nitrogen and oxygen atoms in total. The van der Waals surface area contributed by atoms with E-state index < -0.39 is 5.97 Å². The SMILES string of the molecule is C[C@H](N[C@H]1CCN(c2ccc(CC(=O)O)cc2)C1)c1cccc2ccccc12. The first kappa shape index (κ1) is 18.5. The number of hydrogen-bond acceptors (Lipinski definition) is 3. The second kappa shape index (κ2) is 8.03. The van der Waals surface area contributed by atoms with E-state index >= 15 is 0 Å². The zero-order valence-corrected chi connectivity index (χ0v) is 16.1. The summed E-state index contributed by atoms with van der Waals surface area (Å²) in [7, 11) is 0. The van der Waals surface area contributed by atoms with Gasteiger partial charge in [0.05, 0.1) is 6.42 Å². The second-order valence-corrected chi connectivity index (χ2v) is 7.63. The largest absolute Gasteiger partial charge is 0.481 e. The maximum absolute atomic E-state index is 10.8. The van der Waals surface area contributed by atoms with Gasteiger partial charge in [-0.3, -0.25) is 4.79 Å². The Morgan fingerprint density at radius 3 is 2.64 bits per heavy atom. The van der Waals surface area contributed by atoms with E-state index in [-0.39, 0.29) is 12.5 Å². The van der Waals surface area contributed by atoms with E-state index in [0.29, 0.717) is 6.04 Å². The molecule has 0 bridgehead atoms. The standard InChI is InChI=1S/C24H26N2O2/c1-17(22-8-4-6-19-5-2-3-7-23(19)22)25-20-13-14-26(16-20)21-11-9-18(10-12-21)15-24(27)28/h2-12,17,20,25H,13-16H2,1H3,(H,27,28)/t17-,20-/m0/s1. The summed E-state index contributed by atoms with van der Waals surface area (Å²) in [5.74, 6) is -0.791. The summed E-state index contributed by atoms with van der Waals surface area (Å²) in [5, 5.41) is 15.3. The third-order valence-electron chi connectivity index (χ3n) is 5.62. The first-order chi connectivity index (χ1) is 13.6. The monoisotopic (exact) mass is 374 g/mol. The van der Waals surface area contributed by atoms with E-state index in [2.05, 4.69) is 59.6 Å². The van der Waals surface area contributed by atoms with Crippen LogP contribution in [0.1, 0.15) is 30.5 Å². The third kappa shape index (κ3) is 4.02. The molecule has 0 unspecified atom stereocenters. The van der Waals surface area contributed by atoms with E-state index in [1.54, 1.807) is 0 Å². The Balaban J connectivity index is 1.41. The van der Waals surface area contributed by atoms with Gasteiger partial charge < -0.3 is 15.3 Å². The molecule has 0 radical (unpaired) electrons. The van der Waals surface area contributed by atoms with Gasteiger partial charge in [0.15, 0.2) is 0 Å². The van der Waals surface area contributed by atoms with Crippen LogP contribution >= 0.6 is 0 Å². The predicted octanol–water partition coefficient (Wildman–Crippen LogP) is 4.40. The first-order valence-corrected chi connectivity index (χ1v) is 9.89. The number of aliphatic carboxylic acids is 1. The fourth-order valence-electron chi connectivity index (χ4n) is 4.20. The number of carboxylic acids is 1. The van der Waals surface area contributed by atoms with Crippen LogP contribution < -0.4 is 10.2 Å². The van der Waals surface area contributed by atoms with Crippen molar-refractivity contribution in [3.8, 4) is 0 Å². The van der Waals surface area contributed by atoms with E-state index in [1.165, 1.54) is 16.3 Å². The summed E-state index contributed by atoms with van der Waals surface area (Å²) in [5.41, 5.74) is 3.35. The van der Waals surface area contributed by atoms with Gasteiger partial charge in [-0.25, -0.2) is 0 Å². The fraction of sp³-hybridized carbons (Fsp3) is 0.292. The highest BCUT2D eigenvalue weighted by molar-refractivity contribution is 5.86. The first-order valence-electron chi connectivity index (χ1n) is 9.89. The van der Waals surface area contributed by atoms with Gasteiger partial charge in [0.2, 0.25) is 0 Å². The molecule has 1 aliphatic heterocycles. The van der Waals surface area contributed by atoms with Crippen molar-refractivity contribution < 1.29 is 9.90 Å². The molecule has 0 spiro atoms. The van der Waals surface area contributed by atoms with Gasteiger partial charge in [0.1, 0.15) is 0 Å². The number of fused-ring (bicyclic) bond motifs is 1. The minimum Gasteiger partial charge on any atom is -0.481 e. The maximum Gasteiger partial charge on any atom is 0.307 e. The molecule has 0 amide bonds. The van der Waals surface area contributed by atoms with Gasteiger partial charge in [0.25, 0.3) is 0 Å². The molecular weight excluding hydrogens is 348 g/mol. The minimum absolute atomic E-state index is 0.0764. The quantitative estimate of drug-likeness (QED) is 0.672. The topological polar surface area (TPSA) is 52.6 Å². The van der Waals surface area contributed by atoms with Crippen LogP contribution in [-0.2, 0) is 11.2 Å². The van der Waals surface area contributed by atoms with E-state index in [1.807, 2.05) is 24.3 Å². The lowest BCUT2D eigenvalue weighted by atomic mass is 9.99. The highest BCUT2D eigenvalue weighted by Crippen LogP contribution is 2.26. The Morgan fingerprint density at radius 2 is 1.86 bits per heavy atom. The fourth-order valence-corrected chi connectivity index (χ4v) is 4.20. The van der Waals surface area contributed by atoms with Crippen molar-refractivity contribution >= 4 is 22.4 Å². The highest BCUT2D eigenvalue weighted by atomic mass is 16.4. The van der Waals surface area contributed by atoms with Gasteiger partial charge in [-0.05, 0) is 47.4 Å². The summed E-state index contributed by atoms with van der Waals surface area (Å²) in [4.78, 5) is 13.2. The van der Waals surface area contributed by atoms with Crippen molar-refractivity contribution in [3.63, 3.8) is 0 Å². The van der Waals surface area contributed by atoms with Gasteiger partial charge in [-0.2, -0.15) is 0 Å². The summed E-state index contributed by atoms with van der Waals surface area (Å²) in [6.07, 6.45) is 1.18. The lowest BCUT2D eigenvalue weighted by Crippen LogP contribution is -2.34. The molecule has 0 aromatic heterocycles. The summed E-state index contributed by atoms with van der Waals surface area (Å²) in [6, 6.07) is 23.7. The van der Waals surface area contributed by atoms with E-state index in [9.17, 15) is 4.79 Å². The van der Waals surface area contributed by atoms with Crippen LogP contribution in [0, 0.1) is 0 Å². The molecule has 0 saturated carbocycles. The lowest BCUT2D eigenvalue weighted by molar-refractivity contribution is -0.136. The normalized spacial score (nSPS) is 17.8. The van der Waals surface area contributed by atoms with Crippen LogP contribution in [-0.4, -0.2) is 30.2 Å². The predicted molar refractivity (Wildman–Crippen MR) is 114 cm³/mol. The van der Waals surface area contributed by atoms with Crippen LogP contribution in [0.15, 0.2) is 66.7 Å². The molecule has 1 aliphatic rings. The van der Waals surface area contributed by atoms with Crippen LogP contribution in [0.5, 0.6) is 0 Å². The third-order valence-corrected chi connectivity index (χ3v) is 5.62. The van der Waals surface area contributed by atoms with Crippen molar-refractivity contribution in [3.05, 3.63) is 77.9 Å². The number of nitrogens with one attached hydrogen (secondary N) is 1. The lowest BCUT2D eigenvalue weighted by Gasteiger charge is -2.23. The molecule has 3 aromatic rings. The molecule has 4 rings (SSSR count). The molecule has 1 fully saturated rings. The van der Waals surface area contributed by atoms with Crippen molar-refractivity contribution in [2.75, 3.05) is 18.0 Å². The number of hydrogen-bond donors (Lipinski definition) is 2. The van der Waals surface area contributed by atoms with Crippen LogP contribution in [0.4, 0.5) is 5.69 Å². The molecule has 144 valence electrons. The van der Waals surface area contributed by atoms with Crippen molar-refractivity contribution in [1.82, 2.24) is 5.32 Å². The molecule has 3 aromatic carbocycles. The zero-order valence-electron chi connectivity index (χ0n) is 16.1. The van der Waals surface area contributed by atoms with Crippen LogP contribution in [0.2, 0.25) is 0 Å². The Morgan fingerprint density at radius 1 is 1.11 bits per heavy atom. The molecule has 4 heteroatoms. The number of anilines is 1. The van der Waals surface area contributed by atoms with E-state index in [4.69, 9.17) is 5.11 Å². The number of carboxylic acid groups (broad SMARTS) is 1.